The van der Waals surface area contributed by atoms with E-state index in [1.165, 1.54) is 13.3 Å². The highest BCUT2D eigenvalue weighted by atomic mass is 32.2. The second-order valence-electron chi connectivity index (χ2n) is 7.61. The van der Waals surface area contributed by atoms with E-state index in [1.54, 1.807) is 18.2 Å². The van der Waals surface area contributed by atoms with Gasteiger partial charge >= 0.3 is 0 Å². The molecule has 1 N–H and O–H groups in total. The van der Waals surface area contributed by atoms with E-state index in [0.717, 1.165) is 25.7 Å². The summed E-state index contributed by atoms with van der Waals surface area (Å²) >= 11 is 0. The molecule has 1 aliphatic heterocycles. The summed E-state index contributed by atoms with van der Waals surface area (Å²) in [6.45, 7) is 1.57. The molecule has 1 heterocycles. The zero-order valence-electron chi connectivity index (χ0n) is 15.8. The number of nitrogens with one attached hydrogen (secondary N) is 1. The molecule has 1 aliphatic carbocycles. The van der Waals surface area contributed by atoms with Crippen molar-refractivity contribution >= 4 is 27.2 Å². The van der Waals surface area contributed by atoms with Crippen LogP contribution in [0.3, 0.4) is 0 Å². The van der Waals surface area contributed by atoms with Crippen LogP contribution in [0.25, 0.3) is 0 Å². The van der Waals surface area contributed by atoms with E-state index in [2.05, 4.69) is 5.32 Å². The van der Waals surface area contributed by atoms with Crippen molar-refractivity contribution in [3.8, 4) is 0 Å². The third-order valence-corrected chi connectivity index (χ3v) is 7.34. The van der Waals surface area contributed by atoms with Gasteiger partial charge in [-0.05, 0) is 38.3 Å². The van der Waals surface area contributed by atoms with Crippen molar-refractivity contribution in [2.45, 2.75) is 57.5 Å². The highest BCUT2D eigenvalue weighted by Gasteiger charge is 2.38. The number of benzene rings is 1. The molecule has 0 aromatic heterocycles. The molecule has 27 heavy (non-hydrogen) atoms. The smallest absolute Gasteiger partial charge is 0.242 e. The van der Waals surface area contributed by atoms with Crippen LogP contribution in [0.2, 0.25) is 0 Å². The Morgan fingerprint density at radius 2 is 1.78 bits per heavy atom. The Hall–Kier alpha value is -1.89. The van der Waals surface area contributed by atoms with Crippen LogP contribution >= 0.6 is 0 Å². The fourth-order valence-corrected chi connectivity index (χ4v) is 5.98. The maximum Gasteiger partial charge on any atom is 0.242 e. The predicted octanol–water partition coefficient (Wildman–Crippen LogP) is 2.65. The Kier molecular flexibility index (Phi) is 6.19. The largest absolute Gasteiger partial charge is 0.376 e. The molecule has 7 heteroatoms. The summed E-state index contributed by atoms with van der Waals surface area (Å²) in [6, 6.07) is 7.03. The van der Waals surface area contributed by atoms with Gasteiger partial charge in [0.1, 0.15) is 0 Å². The summed E-state index contributed by atoms with van der Waals surface area (Å²) in [5.74, 6) is 0.0903. The number of sulfone groups is 1. The van der Waals surface area contributed by atoms with Gasteiger partial charge in [0.2, 0.25) is 5.91 Å². The number of para-hydroxylation sites is 1. The SMILES string of the molecule is CC(=O)c1ccccc1NCC(=O)N(C1CCCCC1)C1CCS(=O)(=O)C1. The molecule has 0 radical (unpaired) electrons. The molecular weight excluding hydrogens is 364 g/mol. The lowest BCUT2D eigenvalue weighted by Crippen LogP contribution is -2.50. The van der Waals surface area contributed by atoms with Crippen molar-refractivity contribution in [3.05, 3.63) is 29.8 Å². The van der Waals surface area contributed by atoms with Gasteiger partial charge in [-0.25, -0.2) is 8.42 Å². The highest BCUT2D eigenvalue weighted by Crippen LogP contribution is 2.28. The van der Waals surface area contributed by atoms with E-state index in [9.17, 15) is 18.0 Å². The Bertz CT molecular complexity index is 800. The average Bonchev–Trinajstić information content (AvgIpc) is 3.00. The zero-order chi connectivity index (χ0) is 19.4. The summed E-state index contributed by atoms with van der Waals surface area (Å²) in [7, 11) is -3.06. The molecule has 148 valence electrons. The molecule has 1 aromatic rings. The molecule has 0 bridgehead atoms. The maximum atomic E-state index is 13.1. The van der Waals surface area contributed by atoms with Crippen LogP contribution in [0.5, 0.6) is 0 Å². The van der Waals surface area contributed by atoms with Crippen molar-refractivity contribution in [2.24, 2.45) is 0 Å². The molecule has 3 rings (SSSR count). The number of carbonyl (C=O) groups excluding carboxylic acids is 2. The van der Waals surface area contributed by atoms with Crippen molar-refractivity contribution in [1.82, 2.24) is 4.90 Å². The molecule has 6 nitrogen and oxygen atoms in total. The Morgan fingerprint density at radius 3 is 2.41 bits per heavy atom. The third kappa shape index (κ3) is 4.89. The van der Waals surface area contributed by atoms with Crippen molar-refractivity contribution in [1.29, 1.82) is 0 Å². The summed E-state index contributed by atoms with van der Waals surface area (Å²) in [5, 5.41) is 3.10. The minimum absolute atomic E-state index is 0.0587. The number of ketones is 1. The van der Waals surface area contributed by atoms with E-state index >= 15 is 0 Å². The first-order chi connectivity index (χ1) is 12.9. The Labute approximate surface area is 161 Å². The number of Topliss-reactive ketones (excluding diaryl/α,β-unsaturated/α-hetero) is 1. The van der Waals surface area contributed by atoms with Crippen LogP contribution in [0.4, 0.5) is 5.69 Å². The Morgan fingerprint density at radius 1 is 1.07 bits per heavy atom. The number of nitrogens with zero attached hydrogens (tertiary/aromatic N) is 1. The van der Waals surface area contributed by atoms with Gasteiger partial charge in [0.15, 0.2) is 15.6 Å². The second kappa shape index (κ2) is 8.42. The molecule has 1 atom stereocenters. The van der Waals surface area contributed by atoms with Crippen molar-refractivity contribution in [3.63, 3.8) is 0 Å². The third-order valence-electron chi connectivity index (χ3n) is 5.59. The molecule has 2 fully saturated rings. The van der Waals surface area contributed by atoms with Gasteiger partial charge in [-0.15, -0.1) is 0 Å². The first kappa shape index (κ1) is 19.9. The molecule has 1 saturated heterocycles. The van der Waals surface area contributed by atoms with Crippen LogP contribution < -0.4 is 5.32 Å². The summed E-state index contributed by atoms with van der Waals surface area (Å²) in [5.41, 5.74) is 1.19. The van der Waals surface area contributed by atoms with Gasteiger partial charge in [0, 0.05) is 23.3 Å². The lowest BCUT2D eigenvalue weighted by molar-refractivity contribution is -0.134. The number of carbonyl (C=O) groups is 2. The maximum absolute atomic E-state index is 13.1. The van der Waals surface area contributed by atoms with Crippen LogP contribution in [0.15, 0.2) is 24.3 Å². The van der Waals surface area contributed by atoms with Gasteiger partial charge in [-0.2, -0.15) is 0 Å². The summed E-state index contributed by atoms with van der Waals surface area (Å²) in [6.07, 6.45) is 5.72. The van der Waals surface area contributed by atoms with Crippen LogP contribution in [0.1, 0.15) is 55.8 Å². The van der Waals surface area contributed by atoms with Crippen molar-refractivity contribution in [2.75, 3.05) is 23.4 Å². The second-order valence-corrected chi connectivity index (χ2v) is 9.83. The standard InChI is InChI=1S/C20H28N2O4S/c1-15(23)18-9-5-6-10-19(18)21-13-20(24)22(16-7-3-2-4-8-16)17-11-12-27(25,26)14-17/h5-6,9-10,16-17,21H,2-4,7-8,11-14H2,1H3. The van der Waals surface area contributed by atoms with Crippen LogP contribution in [-0.4, -0.2) is 55.1 Å². The highest BCUT2D eigenvalue weighted by molar-refractivity contribution is 7.91. The predicted molar refractivity (Wildman–Crippen MR) is 106 cm³/mol. The van der Waals surface area contributed by atoms with Gasteiger partial charge in [-0.3, -0.25) is 9.59 Å². The summed E-state index contributed by atoms with van der Waals surface area (Å²) in [4.78, 5) is 26.7. The average molecular weight is 393 g/mol. The van der Waals surface area contributed by atoms with E-state index in [1.807, 2.05) is 11.0 Å². The molecule has 0 spiro atoms. The monoisotopic (exact) mass is 392 g/mol. The van der Waals surface area contributed by atoms with Crippen LogP contribution in [-0.2, 0) is 14.6 Å². The topological polar surface area (TPSA) is 83.6 Å². The van der Waals surface area contributed by atoms with Crippen molar-refractivity contribution < 1.29 is 18.0 Å². The number of hydrogen-bond donors (Lipinski definition) is 1. The molecular formula is C20H28N2O4S. The minimum Gasteiger partial charge on any atom is -0.376 e. The Balaban J connectivity index is 1.74. The van der Waals surface area contributed by atoms with E-state index in [-0.39, 0.29) is 41.8 Å². The van der Waals surface area contributed by atoms with Gasteiger partial charge in [0.05, 0.1) is 18.1 Å². The fraction of sp³-hybridized carbons (Fsp3) is 0.600. The minimum atomic E-state index is -3.06. The molecule has 1 aromatic carbocycles. The fourth-order valence-electron chi connectivity index (χ4n) is 4.27. The first-order valence-electron chi connectivity index (χ1n) is 9.73. The molecule has 1 saturated carbocycles. The number of hydrogen-bond acceptors (Lipinski definition) is 5. The molecule has 1 unspecified atom stereocenters. The summed E-state index contributed by atoms with van der Waals surface area (Å²) < 4.78 is 23.9. The van der Waals surface area contributed by atoms with Gasteiger partial charge in [0.25, 0.3) is 0 Å². The first-order valence-corrected chi connectivity index (χ1v) is 11.5. The van der Waals surface area contributed by atoms with E-state index < -0.39 is 9.84 Å². The lowest BCUT2D eigenvalue weighted by Gasteiger charge is -2.38. The van der Waals surface area contributed by atoms with E-state index in [4.69, 9.17) is 0 Å². The number of amides is 1. The van der Waals surface area contributed by atoms with Gasteiger partial charge in [-0.1, -0.05) is 31.4 Å². The number of anilines is 1. The normalized spacial score (nSPS) is 22.3. The van der Waals surface area contributed by atoms with Crippen LogP contribution in [0, 0.1) is 0 Å². The van der Waals surface area contributed by atoms with Gasteiger partial charge < -0.3 is 10.2 Å². The molecule has 2 aliphatic rings. The number of rotatable bonds is 6. The zero-order valence-corrected chi connectivity index (χ0v) is 16.6. The van der Waals surface area contributed by atoms with E-state index in [0.29, 0.717) is 17.7 Å². The lowest BCUT2D eigenvalue weighted by atomic mass is 9.93. The quantitative estimate of drug-likeness (QED) is 0.753. The molecule has 1 amide bonds.